The number of nitrogens with one attached hydrogen (secondary N) is 2. The van der Waals surface area contributed by atoms with Gasteiger partial charge in [-0.1, -0.05) is 18.2 Å². The van der Waals surface area contributed by atoms with Crippen LogP contribution in [0.25, 0.3) is 0 Å². The van der Waals surface area contributed by atoms with E-state index in [0.29, 0.717) is 6.61 Å². The number of hydrogen-bond donors (Lipinski definition) is 2. The molecule has 3 heterocycles. The van der Waals surface area contributed by atoms with Crippen molar-refractivity contribution in [3.05, 3.63) is 47.8 Å². The van der Waals surface area contributed by atoms with Crippen LogP contribution < -0.4 is 10.1 Å². The van der Waals surface area contributed by atoms with Gasteiger partial charge in [-0.3, -0.25) is 5.10 Å². The van der Waals surface area contributed by atoms with Gasteiger partial charge in [0, 0.05) is 35.8 Å². The van der Waals surface area contributed by atoms with E-state index in [4.69, 9.17) is 4.74 Å². The minimum Gasteiger partial charge on any atom is -0.493 e. The molecule has 132 valence electrons. The second kappa shape index (κ2) is 6.78. The molecule has 2 aliphatic rings. The Morgan fingerprint density at radius 2 is 2.28 bits per heavy atom. The number of nitrogens with zero attached hydrogens (tertiary/aromatic N) is 2. The number of piperidine rings is 1. The molecular formula is C19H24N4O2. The Morgan fingerprint density at radius 1 is 1.40 bits per heavy atom. The van der Waals surface area contributed by atoms with Crippen LogP contribution >= 0.6 is 0 Å². The van der Waals surface area contributed by atoms with Crippen LogP contribution in [0.1, 0.15) is 49.3 Å². The Balaban J connectivity index is 1.46. The second-order valence-corrected chi connectivity index (χ2v) is 6.93. The van der Waals surface area contributed by atoms with Crippen LogP contribution in [0.2, 0.25) is 0 Å². The van der Waals surface area contributed by atoms with Crippen molar-refractivity contribution in [2.45, 2.75) is 44.2 Å². The van der Waals surface area contributed by atoms with Gasteiger partial charge in [-0.25, -0.2) is 4.79 Å². The third-order valence-corrected chi connectivity index (χ3v) is 5.36. The van der Waals surface area contributed by atoms with Crippen molar-refractivity contribution >= 4 is 6.03 Å². The molecule has 1 saturated heterocycles. The Labute approximate surface area is 147 Å². The van der Waals surface area contributed by atoms with Crippen LogP contribution in [0.5, 0.6) is 5.75 Å². The molecule has 0 aliphatic carbocycles. The fourth-order valence-electron chi connectivity index (χ4n) is 3.94. The number of fused-ring (bicyclic) bond motifs is 1. The lowest BCUT2D eigenvalue weighted by molar-refractivity contribution is 0.147. The van der Waals surface area contributed by atoms with Crippen molar-refractivity contribution in [3.63, 3.8) is 0 Å². The molecule has 0 unspecified atom stereocenters. The quantitative estimate of drug-likeness (QED) is 0.901. The topological polar surface area (TPSA) is 70.2 Å². The smallest absolute Gasteiger partial charge is 0.318 e. The normalized spacial score (nSPS) is 23.6. The number of carbonyl (C=O) groups excluding carboxylic acids is 1. The second-order valence-electron chi connectivity index (χ2n) is 6.93. The number of rotatable bonds is 3. The molecule has 6 heteroatoms. The third kappa shape index (κ3) is 3.08. The molecule has 6 nitrogen and oxygen atoms in total. The zero-order valence-corrected chi connectivity index (χ0v) is 14.4. The summed E-state index contributed by atoms with van der Waals surface area (Å²) in [6, 6.07) is 8.20. The summed E-state index contributed by atoms with van der Waals surface area (Å²) in [4.78, 5) is 14.9. The average Bonchev–Trinajstić information content (AvgIpc) is 3.31. The molecule has 0 radical (unpaired) electrons. The zero-order valence-electron chi connectivity index (χ0n) is 14.4. The maximum Gasteiger partial charge on any atom is 0.318 e. The standard InChI is InChI=1S/C19H24N4O2/c1-13(16-12-25-18-8-3-2-6-15(16)18)22-19(24)23-9-5-4-7-17(23)14-10-20-21-11-14/h2-3,6,8,10-11,13,16-17H,4-5,7,9,12H2,1H3,(H,20,21)(H,22,24)/t13-,16+,17-/m0/s1. The van der Waals surface area contributed by atoms with E-state index in [2.05, 4.69) is 28.5 Å². The molecular weight excluding hydrogens is 316 g/mol. The highest BCUT2D eigenvalue weighted by Crippen LogP contribution is 2.36. The van der Waals surface area contributed by atoms with Gasteiger partial charge in [0.2, 0.25) is 0 Å². The minimum atomic E-state index is 0.00258. The molecule has 3 atom stereocenters. The van der Waals surface area contributed by atoms with E-state index in [1.807, 2.05) is 35.5 Å². The van der Waals surface area contributed by atoms with Crippen molar-refractivity contribution in [2.75, 3.05) is 13.2 Å². The molecule has 4 rings (SSSR count). The number of ether oxygens (including phenoxy) is 1. The molecule has 0 bridgehead atoms. The SMILES string of the molecule is C[C@H](NC(=O)N1CCCC[C@H]1c1cn[nH]c1)[C@H]1COc2ccccc21. The van der Waals surface area contributed by atoms with E-state index >= 15 is 0 Å². The molecule has 2 N–H and O–H groups in total. The van der Waals surface area contributed by atoms with Gasteiger partial charge in [0.25, 0.3) is 0 Å². The lowest BCUT2D eigenvalue weighted by Crippen LogP contribution is -2.48. The summed E-state index contributed by atoms with van der Waals surface area (Å²) in [6.45, 7) is 3.46. The Bertz CT molecular complexity index is 731. The van der Waals surface area contributed by atoms with Crippen LogP contribution in [-0.4, -0.2) is 40.3 Å². The van der Waals surface area contributed by atoms with Crippen LogP contribution in [0.4, 0.5) is 4.79 Å². The van der Waals surface area contributed by atoms with Gasteiger partial charge in [0.15, 0.2) is 0 Å². The van der Waals surface area contributed by atoms with Crippen molar-refractivity contribution in [3.8, 4) is 5.75 Å². The van der Waals surface area contributed by atoms with E-state index in [9.17, 15) is 4.79 Å². The van der Waals surface area contributed by atoms with Crippen molar-refractivity contribution < 1.29 is 9.53 Å². The predicted octanol–water partition coefficient (Wildman–Crippen LogP) is 3.21. The summed E-state index contributed by atoms with van der Waals surface area (Å²) >= 11 is 0. The first-order chi connectivity index (χ1) is 12.2. The average molecular weight is 340 g/mol. The Kier molecular flexibility index (Phi) is 4.34. The van der Waals surface area contributed by atoms with Gasteiger partial charge in [-0.05, 0) is 32.3 Å². The first kappa shape index (κ1) is 16.0. The number of hydrogen-bond acceptors (Lipinski definition) is 3. The number of carbonyl (C=O) groups is 1. The van der Waals surface area contributed by atoms with E-state index in [1.54, 1.807) is 0 Å². The van der Waals surface area contributed by atoms with Gasteiger partial charge >= 0.3 is 6.03 Å². The number of urea groups is 1. The number of aromatic nitrogens is 2. The first-order valence-corrected chi connectivity index (χ1v) is 9.01. The molecule has 1 aromatic heterocycles. The van der Waals surface area contributed by atoms with Crippen LogP contribution in [-0.2, 0) is 0 Å². The molecule has 2 aliphatic heterocycles. The van der Waals surface area contributed by atoms with E-state index in [0.717, 1.165) is 37.1 Å². The van der Waals surface area contributed by atoms with Crippen molar-refractivity contribution in [2.24, 2.45) is 0 Å². The zero-order chi connectivity index (χ0) is 17.2. The molecule has 25 heavy (non-hydrogen) atoms. The van der Waals surface area contributed by atoms with E-state index in [-0.39, 0.29) is 24.0 Å². The van der Waals surface area contributed by atoms with Gasteiger partial charge in [0.1, 0.15) is 5.75 Å². The number of aromatic amines is 1. The number of H-pyrrole nitrogens is 1. The third-order valence-electron chi connectivity index (χ3n) is 5.36. The largest absolute Gasteiger partial charge is 0.493 e. The lowest BCUT2D eigenvalue weighted by atomic mass is 9.94. The van der Waals surface area contributed by atoms with E-state index < -0.39 is 0 Å². The predicted molar refractivity (Wildman–Crippen MR) is 94.6 cm³/mol. The maximum atomic E-state index is 12.9. The monoisotopic (exact) mass is 340 g/mol. The van der Waals surface area contributed by atoms with Gasteiger partial charge in [-0.15, -0.1) is 0 Å². The number of benzene rings is 1. The first-order valence-electron chi connectivity index (χ1n) is 9.01. The summed E-state index contributed by atoms with van der Waals surface area (Å²) in [6.07, 6.45) is 6.88. The Morgan fingerprint density at radius 3 is 3.12 bits per heavy atom. The highest BCUT2D eigenvalue weighted by Gasteiger charge is 2.33. The summed E-state index contributed by atoms with van der Waals surface area (Å²) in [5.41, 5.74) is 2.26. The lowest BCUT2D eigenvalue weighted by Gasteiger charge is -2.36. The van der Waals surface area contributed by atoms with E-state index in [1.165, 1.54) is 5.56 Å². The minimum absolute atomic E-state index is 0.00258. The van der Waals surface area contributed by atoms with Crippen molar-refractivity contribution in [1.29, 1.82) is 0 Å². The van der Waals surface area contributed by atoms with Crippen LogP contribution in [0, 0.1) is 0 Å². The summed E-state index contributed by atoms with van der Waals surface area (Å²) in [5.74, 6) is 1.13. The van der Waals surface area contributed by atoms with Gasteiger partial charge in [0.05, 0.1) is 18.8 Å². The highest BCUT2D eigenvalue weighted by atomic mass is 16.5. The molecule has 0 spiro atoms. The fraction of sp³-hybridized carbons (Fsp3) is 0.474. The maximum absolute atomic E-state index is 12.9. The summed E-state index contributed by atoms with van der Waals surface area (Å²) in [7, 11) is 0. The van der Waals surface area contributed by atoms with Crippen LogP contribution in [0.15, 0.2) is 36.7 Å². The van der Waals surface area contributed by atoms with Gasteiger partial charge in [-0.2, -0.15) is 5.10 Å². The molecule has 1 aromatic carbocycles. The molecule has 2 amide bonds. The van der Waals surface area contributed by atoms with Crippen molar-refractivity contribution in [1.82, 2.24) is 20.4 Å². The van der Waals surface area contributed by atoms with Gasteiger partial charge < -0.3 is 15.0 Å². The van der Waals surface area contributed by atoms with Crippen LogP contribution in [0.3, 0.4) is 0 Å². The summed E-state index contributed by atoms with van der Waals surface area (Å²) < 4.78 is 5.76. The molecule has 1 fully saturated rings. The number of amides is 2. The number of likely N-dealkylation sites (tertiary alicyclic amines) is 1. The molecule has 0 saturated carbocycles. The highest BCUT2D eigenvalue weighted by molar-refractivity contribution is 5.75. The molecule has 2 aromatic rings. The summed E-state index contributed by atoms with van der Waals surface area (Å²) in [5, 5.41) is 10.1. The Hall–Kier alpha value is -2.50. The number of para-hydroxylation sites is 1. The fourth-order valence-corrected chi connectivity index (χ4v) is 3.94.